The molecule has 0 radical (unpaired) electrons. The fourth-order valence-corrected chi connectivity index (χ4v) is 3.78. The van der Waals surface area contributed by atoms with E-state index < -0.39 is 30.1 Å². The molecule has 5 nitrogen and oxygen atoms in total. The smallest absolute Gasteiger partial charge is 0.422 e. The quantitative estimate of drug-likeness (QED) is 0.531. The van der Waals surface area contributed by atoms with Gasteiger partial charge in [-0.3, -0.25) is 9.78 Å². The molecule has 9 heteroatoms. The first-order valence-corrected chi connectivity index (χ1v) is 10.1. The predicted molar refractivity (Wildman–Crippen MR) is 113 cm³/mol. The Kier molecular flexibility index (Phi) is 5.61. The summed E-state index contributed by atoms with van der Waals surface area (Å²) in [5.41, 5.74) is 0.432. The number of benzene rings is 2. The van der Waals surface area contributed by atoms with Gasteiger partial charge in [-0.25, -0.2) is 4.39 Å². The molecule has 1 N–H and O–H groups in total. The van der Waals surface area contributed by atoms with Crippen molar-refractivity contribution in [2.45, 2.75) is 32.2 Å². The number of carbonyl (C=O) groups excluding carboxylic acids is 1. The molecule has 0 aliphatic carbocycles. The van der Waals surface area contributed by atoms with E-state index in [-0.39, 0.29) is 23.5 Å². The van der Waals surface area contributed by atoms with E-state index in [4.69, 9.17) is 4.74 Å². The van der Waals surface area contributed by atoms with Crippen LogP contribution in [0.5, 0.6) is 5.75 Å². The van der Waals surface area contributed by atoms with Crippen LogP contribution in [0.4, 0.5) is 23.2 Å². The second-order valence-corrected chi connectivity index (χ2v) is 8.20. The van der Waals surface area contributed by atoms with Crippen LogP contribution in [0.25, 0.3) is 11.3 Å². The Labute approximate surface area is 187 Å². The number of hydrogen-bond donors (Lipinski definition) is 1. The Balaban J connectivity index is 1.71. The van der Waals surface area contributed by atoms with Crippen LogP contribution in [0, 0.1) is 5.82 Å². The summed E-state index contributed by atoms with van der Waals surface area (Å²) in [5, 5.41) is 10.1. The van der Waals surface area contributed by atoms with Gasteiger partial charge in [0, 0.05) is 34.1 Å². The molecule has 0 fully saturated rings. The molecule has 0 unspecified atom stereocenters. The molecular formula is C24H20F4N2O3. The van der Waals surface area contributed by atoms with Crippen molar-refractivity contribution in [3.8, 4) is 17.0 Å². The van der Waals surface area contributed by atoms with Crippen molar-refractivity contribution in [3.63, 3.8) is 0 Å². The number of aromatic nitrogens is 1. The number of para-hydroxylation sites is 1. The summed E-state index contributed by atoms with van der Waals surface area (Å²) in [4.78, 5) is 18.7. The Morgan fingerprint density at radius 2 is 1.82 bits per heavy atom. The molecule has 1 aromatic heterocycles. The molecule has 0 bridgehead atoms. The number of alkyl halides is 3. The minimum atomic E-state index is -4.51. The molecule has 1 amide bonds. The van der Waals surface area contributed by atoms with Crippen molar-refractivity contribution in [3.05, 3.63) is 77.2 Å². The van der Waals surface area contributed by atoms with Crippen LogP contribution >= 0.6 is 0 Å². The Hall–Kier alpha value is -3.46. The van der Waals surface area contributed by atoms with Crippen LogP contribution < -0.4 is 9.64 Å². The van der Waals surface area contributed by atoms with E-state index in [1.54, 1.807) is 18.2 Å². The van der Waals surface area contributed by atoms with Crippen LogP contribution in [-0.2, 0) is 12.1 Å². The van der Waals surface area contributed by atoms with Gasteiger partial charge in [0.1, 0.15) is 11.6 Å². The van der Waals surface area contributed by atoms with Crippen LogP contribution in [0.15, 0.2) is 54.7 Å². The molecule has 33 heavy (non-hydrogen) atoms. The predicted octanol–water partition coefficient (Wildman–Crippen LogP) is 5.22. The van der Waals surface area contributed by atoms with Gasteiger partial charge in [-0.05, 0) is 44.2 Å². The third-order valence-electron chi connectivity index (χ3n) is 5.30. The minimum absolute atomic E-state index is 0.0119. The van der Waals surface area contributed by atoms with Gasteiger partial charge in [-0.15, -0.1) is 0 Å². The highest BCUT2D eigenvalue weighted by Gasteiger charge is 2.34. The van der Waals surface area contributed by atoms with E-state index in [9.17, 15) is 27.5 Å². The van der Waals surface area contributed by atoms with Gasteiger partial charge in [0.05, 0.1) is 17.8 Å². The van der Waals surface area contributed by atoms with Gasteiger partial charge in [-0.2, -0.15) is 13.2 Å². The lowest BCUT2D eigenvalue weighted by Gasteiger charge is -2.21. The zero-order chi connectivity index (χ0) is 24.0. The molecular weight excluding hydrogens is 440 g/mol. The molecule has 172 valence electrons. The van der Waals surface area contributed by atoms with Gasteiger partial charge in [0.25, 0.3) is 5.91 Å². The van der Waals surface area contributed by atoms with E-state index in [1.807, 2.05) is 0 Å². The van der Waals surface area contributed by atoms with Gasteiger partial charge in [-0.1, -0.05) is 18.2 Å². The first kappa shape index (κ1) is 22.7. The van der Waals surface area contributed by atoms with Gasteiger partial charge in [0.15, 0.2) is 6.61 Å². The molecule has 3 aromatic rings. The summed E-state index contributed by atoms with van der Waals surface area (Å²) >= 11 is 0. The van der Waals surface area contributed by atoms with Crippen LogP contribution in [0.2, 0.25) is 0 Å². The summed E-state index contributed by atoms with van der Waals surface area (Å²) in [6.07, 6.45) is -3.11. The molecule has 1 aliphatic rings. The Morgan fingerprint density at radius 3 is 2.48 bits per heavy atom. The number of amides is 1. The molecule has 2 heterocycles. The summed E-state index contributed by atoms with van der Waals surface area (Å²) in [6, 6.07) is 11.8. The zero-order valence-corrected chi connectivity index (χ0v) is 17.8. The van der Waals surface area contributed by atoms with Crippen LogP contribution in [-0.4, -0.2) is 28.8 Å². The van der Waals surface area contributed by atoms with E-state index in [0.29, 0.717) is 22.4 Å². The number of anilines is 1. The Morgan fingerprint density at radius 1 is 1.09 bits per heavy atom. The van der Waals surface area contributed by atoms with Gasteiger partial charge < -0.3 is 14.7 Å². The standard InChI is InChI=1S/C24H20F4N2O3/c1-23(2,32)18-8-7-14(11-19(18)25)30-12-17-15(22(30)31)9-10-29-21(17)16-5-3-4-6-20(16)33-13-24(26,27)28/h3-11,32H,12-13H2,1-2H3. The fraction of sp³-hybridized carbons (Fsp3) is 0.250. The normalized spacial score (nSPS) is 13.9. The maximum atomic E-state index is 14.6. The fourth-order valence-electron chi connectivity index (χ4n) is 3.78. The average molecular weight is 460 g/mol. The monoisotopic (exact) mass is 460 g/mol. The zero-order valence-electron chi connectivity index (χ0n) is 17.8. The van der Waals surface area contributed by atoms with E-state index in [0.717, 1.165) is 0 Å². The van der Waals surface area contributed by atoms with Crippen molar-refractivity contribution in [1.82, 2.24) is 4.98 Å². The van der Waals surface area contributed by atoms with Crippen molar-refractivity contribution >= 4 is 11.6 Å². The molecule has 1 aliphatic heterocycles. The summed E-state index contributed by atoms with van der Waals surface area (Å²) < 4.78 is 57.6. The summed E-state index contributed by atoms with van der Waals surface area (Å²) in [6.45, 7) is 1.50. The lowest BCUT2D eigenvalue weighted by atomic mass is 9.97. The maximum absolute atomic E-state index is 14.6. The number of carbonyl (C=O) groups is 1. The molecule has 0 saturated heterocycles. The number of rotatable bonds is 5. The molecule has 2 aromatic carbocycles. The summed E-state index contributed by atoms with van der Waals surface area (Å²) in [5.74, 6) is -1.06. The number of fused-ring (bicyclic) bond motifs is 1. The maximum Gasteiger partial charge on any atom is 0.422 e. The molecule has 0 atom stereocenters. The second-order valence-electron chi connectivity index (χ2n) is 8.20. The number of pyridine rings is 1. The highest BCUT2D eigenvalue weighted by atomic mass is 19.4. The first-order valence-electron chi connectivity index (χ1n) is 10.1. The SMILES string of the molecule is CC(C)(O)c1ccc(N2Cc3c(ccnc3-c3ccccc3OCC(F)(F)F)C2=O)cc1F. The van der Waals surface area contributed by atoms with Crippen molar-refractivity contribution in [2.24, 2.45) is 0 Å². The minimum Gasteiger partial charge on any atom is -0.483 e. The second kappa shape index (κ2) is 8.15. The molecule has 4 rings (SSSR count). The topological polar surface area (TPSA) is 62.7 Å². The highest BCUT2D eigenvalue weighted by molar-refractivity contribution is 6.11. The molecule has 0 saturated carbocycles. The van der Waals surface area contributed by atoms with E-state index in [2.05, 4.69) is 4.98 Å². The lowest BCUT2D eigenvalue weighted by Crippen LogP contribution is -2.24. The van der Waals surface area contributed by atoms with E-state index in [1.165, 1.54) is 55.3 Å². The average Bonchev–Trinajstić information content (AvgIpc) is 3.08. The third-order valence-corrected chi connectivity index (χ3v) is 5.30. The van der Waals surface area contributed by atoms with Gasteiger partial charge in [0.2, 0.25) is 0 Å². The highest BCUT2D eigenvalue weighted by Crippen LogP contribution is 2.38. The van der Waals surface area contributed by atoms with Crippen molar-refractivity contribution in [2.75, 3.05) is 11.5 Å². The van der Waals surface area contributed by atoms with Crippen molar-refractivity contribution in [1.29, 1.82) is 0 Å². The Bertz CT molecular complexity index is 1220. The number of nitrogens with zero attached hydrogens (tertiary/aromatic N) is 2. The summed E-state index contributed by atoms with van der Waals surface area (Å²) in [7, 11) is 0. The van der Waals surface area contributed by atoms with Crippen LogP contribution in [0.3, 0.4) is 0 Å². The largest absolute Gasteiger partial charge is 0.483 e. The number of halogens is 4. The van der Waals surface area contributed by atoms with Crippen LogP contribution in [0.1, 0.15) is 35.3 Å². The number of aliphatic hydroxyl groups is 1. The van der Waals surface area contributed by atoms with Gasteiger partial charge >= 0.3 is 6.18 Å². The van der Waals surface area contributed by atoms with E-state index >= 15 is 0 Å². The molecule has 0 spiro atoms. The third kappa shape index (κ3) is 4.54. The first-order chi connectivity index (χ1) is 15.5. The number of hydrogen-bond acceptors (Lipinski definition) is 4. The van der Waals surface area contributed by atoms with Crippen molar-refractivity contribution < 1.29 is 32.2 Å². The number of ether oxygens (including phenoxy) is 1. The lowest BCUT2D eigenvalue weighted by molar-refractivity contribution is -0.153.